The molecule has 0 saturated carbocycles. The van der Waals surface area contributed by atoms with Crippen molar-refractivity contribution < 1.29 is 18.5 Å². The third kappa shape index (κ3) is 5.45. The fourth-order valence-electron chi connectivity index (χ4n) is 3.87. The minimum absolute atomic E-state index is 0.0886. The van der Waals surface area contributed by atoms with Crippen LogP contribution >= 0.6 is 0 Å². The number of hydrogen-bond acceptors (Lipinski definition) is 5. The number of hydrogen-bond donors (Lipinski definition) is 1. The van der Waals surface area contributed by atoms with Gasteiger partial charge in [0, 0.05) is 35.3 Å². The summed E-state index contributed by atoms with van der Waals surface area (Å²) in [5.74, 6) is 0.0416. The molecule has 1 aromatic heterocycles. The molecular weight excluding hydrogens is 423 g/mol. The Kier molecular flexibility index (Phi) is 6.26. The first-order chi connectivity index (χ1) is 15.7. The summed E-state index contributed by atoms with van der Waals surface area (Å²) in [5, 5.41) is 6.90. The van der Waals surface area contributed by atoms with Gasteiger partial charge in [0.1, 0.15) is 5.82 Å². The number of halogens is 1. The lowest BCUT2D eigenvalue weighted by molar-refractivity contribution is 0.0695. The van der Waals surface area contributed by atoms with Gasteiger partial charge >= 0.3 is 0 Å². The molecule has 8 heteroatoms. The molecule has 1 saturated heterocycles. The van der Waals surface area contributed by atoms with Gasteiger partial charge in [-0.15, -0.1) is 0 Å². The number of carbonyl (C=O) groups excluding carboxylic acids is 2. The Hall–Kier alpha value is -3.55. The summed E-state index contributed by atoms with van der Waals surface area (Å²) in [5.41, 5.74) is 1.24. The summed E-state index contributed by atoms with van der Waals surface area (Å²) in [6.45, 7) is 6.84. The lowest BCUT2D eigenvalue weighted by Crippen LogP contribution is -2.40. The van der Waals surface area contributed by atoms with Crippen molar-refractivity contribution in [3.05, 3.63) is 71.4 Å². The van der Waals surface area contributed by atoms with Crippen molar-refractivity contribution in [3.8, 4) is 11.4 Å². The van der Waals surface area contributed by atoms with Gasteiger partial charge in [-0.1, -0.05) is 17.3 Å². The third-order valence-corrected chi connectivity index (χ3v) is 5.46. The van der Waals surface area contributed by atoms with E-state index in [0.717, 1.165) is 12.8 Å². The normalized spacial score (nSPS) is 16.5. The van der Waals surface area contributed by atoms with Gasteiger partial charge in [-0.2, -0.15) is 4.98 Å². The van der Waals surface area contributed by atoms with Crippen LogP contribution in [0.1, 0.15) is 66.1 Å². The van der Waals surface area contributed by atoms with Crippen LogP contribution in [0.2, 0.25) is 0 Å². The summed E-state index contributed by atoms with van der Waals surface area (Å²) in [6.07, 6.45) is 1.63. The van der Waals surface area contributed by atoms with Crippen LogP contribution in [-0.4, -0.2) is 45.5 Å². The van der Waals surface area contributed by atoms with Crippen molar-refractivity contribution in [1.29, 1.82) is 0 Å². The number of carbonyl (C=O) groups is 2. The molecule has 33 heavy (non-hydrogen) atoms. The quantitative estimate of drug-likeness (QED) is 0.636. The molecule has 0 spiro atoms. The van der Waals surface area contributed by atoms with Crippen molar-refractivity contribution in [2.75, 3.05) is 13.1 Å². The van der Waals surface area contributed by atoms with Gasteiger partial charge in [-0.25, -0.2) is 4.39 Å². The highest BCUT2D eigenvalue weighted by molar-refractivity contribution is 5.98. The summed E-state index contributed by atoms with van der Waals surface area (Å²) in [7, 11) is 0. The number of amides is 2. The Morgan fingerprint density at radius 2 is 1.85 bits per heavy atom. The summed E-state index contributed by atoms with van der Waals surface area (Å²) >= 11 is 0. The molecule has 1 aliphatic heterocycles. The second-order valence-electron chi connectivity index (χ2n) is 9.34. The van der Waals surface area contributed by atoms with Gasteiger partial charge in [0.05, 0.1) is 5.92 Å². The molecule has 1 aliphatic rings. The zero-order valence-electron chi connectivity index (χ0n) is 19.0. The van der Waals surface area contributed by atoms with Crippen LogP contribution in [0.4, 0.5) is 4.39 Å². The van der Waals surface area contributed by atoms with E-state index in [9.17, 15) is 14.0 Å². The summed E-state index contributed by atoms with van der Waals surface area (Å²) < 4.78 is 19.0. The van der Waals surface area contributed by atoms with Gasteiger partial charge in [0.15, 0.2) is 0 Å². The third-order valence-electron chi connectivity index (χ3n) is 5.46. The highest BCUT2D eigenvalue weighted by atomic mass is 19.1. The first-order valence-corrected chi connectivity index (χ1v) is 11.0. The molecule has 1 N–H and O–H groups in total. The van der Waals surface area contributed by atoms with Crippen LogP contribution in [0, 0.1) is 5.82 Å². The maximum absolute atomic E-state index is 13.5. The molecule has 2 heterocycles. The molecule has 0 aliphatic carbocycles. The zero-order valence-corrected chi connectivity index (χ0v) is 19.0. The first-order valence-electron chi connectivity index (χ1n) is 11.0. The molecule has 4 rings (SSSR count). The molecule has 1 unspecified atom stereocenters. The van der Waals surface area contributed by atoms with Crippen LogP contribution < -0.4 is 5.32 Å². The molecular formula is C25H27FN4O3. The van der Waals surface area contributed by atoms with Crippen molar-refractivity contribution >= 4 is 11.8 Å². The van der Waals surface area contributed by atoms with E-state index in [-0.39, 0.29) is 29.1 Å². The van der Waals surface area contributed by atoms with Crippen LogP contribution in [0.25, 0.3) is 11.4 Å². The van der Waals surface area contributed by atoms with E-state index in [1.807, 2.05) is 20.8 Å². The van der Waals surface area contributed by atoms with E-state index in [1.54, 1.807) is 41.3 Å². The van der Waals surface area contributed by atoms with Crippen molar-refractivity contribution in [2.24, 2.45) is 0 Å². The molecule has 2 aromatic carbocycles. The molecule has 0 bridgehead atoms. The topological polar surface area (TPSA) is 88.3 Å². The van der Waals surface area contributed by atoms with Crippen molar-refractivity contribution in [1.82, 2.24) is 20.4 Å². The average Bonchev–Trinajstić information content (AvgIpc) is 3.28. The molecule has 172 valence electrons. The lowest BCUT2D eigenvalue weighted by Gasteiger charge is -2.31. The van der Waals surface area contributed by atoms with E-state index in [4.69, 9.17) is 4.52 Å². The minimum Gasteiger partial charge on any atom is -0.347 e. The van der Waals surface area contributed by atoms with Gasteiger partial charge in [-0.3, -0.25) is 9.59 Å². The largest absolute Gasteiger partial charge is 0.347 e. The molecule has 0 radical (unpaired) electrons. The first kappa shape index (κ1) is 22.6. The Morgan fingerprint density at radius 1 is 1.12 bits per heavy atom. The standard InChI is InChI=1S/C25H27FN4O3/c1-25(2,3)28-22(31)16-9-11-17(12-10-16)24(32)30-13-5-7-19(15-30)23-27-21(29-33-23)18-6-4-8-20(26)14-18/h4,6,8-12,14,19H,5,7,13,15H2,1-3H3,(H,28,31). The second-order valence-corrected chi connectivity index (χ2v) is 9.34. The van der Waals surface area contributed by atoms with Crippen LogP contribution in [0.5, 0.6) is 0 Å². The van der Waals surface area contributed by atoms with Gasteiger partial charge in [0.2, 0.25) is 11.7 Å². The zero-order chi connectivity index (χ0) is 23.6. The van der Waals surface area contributed by atoms with Crippen LogP contribution in [0.3, 0.4) is 0 Å². The van der Waals surface area contributed by atoms with Crippen molar-refractivity contribution in [3.63, 3.8) is 0 Å². The number of aromatic nitrogens is 2. The number of likely N-dealkylation sites (tertiary alicyclic amines) is 1. The fourth-order valence-corrected chi connectivity index (χ4v) is 3.87. The van der Waals surface area contributed by atoms with Crippen LogP contribution in [-0.2, 0) is 0 Å². The number of piperidine rings is 1. The van der Waals surface area contributed by atoms with E-state index < -0.39 is 0 Å². The number of rotatable bonds is 4. The molecule has 1 atom stereocenters. The smallest absolute Gasteiger partial charge is 0.253 e. The Bertz CT molecular complexity index is 1150. The average molecular weight is 451 g/mol. The molecule has 2 amide bonds. The fraction of sp³-hybridized carbons (Fsp3) is 0.360. The molecule has 7 nitrogen and oxygen atoms in total. The predicted octanol–water partition coefficient (Wildman–Crippen LogP) is 4.42. The maximum Gasteiger partial charge on any atom is 0.253 e. The highest BCUT2D eigenvalue weighted by Crippen LogP contribution is 2.28. The Labute approximate surface area is 192 Å². The minimum atomic E-state index is -0.366. The summed E-state index contributed by atoms with van der Waals surface area (Å²) in [4.78, 5) is 31.6. The molecule has 3 aromatic rings. The number of nitrogens with one attached hydrogen (secondary N) is 1. The molecule has 1 fully saturated rings. The SMILES string of the molecule is CC(C)(C)NC(=O)c1ccc(C(=O)N2CCCC(c3nc(-c4cccc(F)c4)no3)C2)cc1. The monoisotopic (exact) mass is 450 g/mol. The van der Waals surface area contributed by atoms with E-state index >= 15 is 0 Å². The maximum atomic E-state index is 13.5. The number of benzene rings is 2. The van der Waals surface area contributed by atoms with Gasteiger partial charge in [-0.05, 0) is 70.0 Å². The van der Waals surface area contributed by atoms with E-state index in [1.165, 1.54) is 12.1 Å². The van der Waals surface area contributed by atoms with Gasteiger partial charge < -0.3 is 14.7 Å². The van der Waals surface area contributed by atoms with E-state index in [0.29, 0.717) is 41.5 Å². The van der Waals surface area contributed by atoms with Gasteiger partial charge in [0.25, 0.3) is 11.8 Å². The Morgan fingerprint density at radius 3 is 2.55 bits per heavy atom. The Balaban J connectivity index is 1.43. The summed E-state index contributed by atoms with van der Waals surface area (Å²) in [6, 6.07) is 12.7. The highest BCUT2D eigenvalue weighted by Gasteiger charge is 2.29. The lowest BCUT2D eigenvalue weighted by atomic mass is 9.97. The number of nitrogens with zero attached hydrogens (tertiary/aromatic N) is 3. The van der Waals surface area contributed by atoms with Crippen molar-refractivity contribution in [2.45, 2.75) is 45.1 Å². The van der Waals surface area contributed by atoms with Crippen LogP contribution in [0.15, 0.2) is 53.1 Å². The second kappa shape index (κ2) is 9.13. The predicted molar refractivity (Wildman–Crippen MR) is 121 cm³/mol. The van der Waals surface area contributed by atoms with E-state index in [2.05, 4.69) is 15.5 Å².